The largest absolute Gasteiger partial charge is 0.493 e. The molecule has 0 fully saturated rings. The summed E-state index contributed by atoms with van der Waals surface area (Å²) < 4.78 is 16.8. The van der Waals surface area contributed by atoms with E-state index in [0.717, 1.165) is 25.1 Å². The minimum atomic E-state index is -0.175. The zero-order chi connectivity index (χ0) is 19.8. The van der Waals surface area contributed by atoms with Crippen LogP contribution in [0, 0.1) is 0 Å². The van der Waals surface area contributed by atoms with Crippen molar-refractivity contribution in [1.29, 1.82) is 0 Å². The third-order valence-corrected chi connectivity index (χ3v) is 4.58. The van der Waals surface area contributed by atoms with Gasteiger partial charge in [-0.15, -0.1) is 12.4 Å². The Labute approximate surface area is 177 Å². The Morgan fingerprint density at radius 3 is 2.38 bits per heavy atom. The van der Waals surface area contributed by atoms with Gasteiger partial charge in [-0.25, -0.2) is 0 Å². The maximum atomic E-state index is 12.6. The summed E-state index contributed by atoms with van der Waals surface area (Å²) in [4.78, 5) is 12.6. The van der Waals surface area contributed by atoms with Crippen molar-refractivity contribution in [2.24, 2.45) is 0 Å². The van der Waals surface area contributed by atoms with Crippen molar-refractivity contribution in [3.05, 3.63) is 65.2 Å². The second kappa shape index (κ2) is 11.3. The van der Waals surface area contributed by atoms with Crippen molar-refractivity contribution in [2.75, 3.05) is 33.9 Å². The molecule has 0 saturated heterocycles. The lowest BCUT2D eigenvalue weighted by Crippen LogP contribution is -2.29. The summed E-state index contributed by atoms with van der Waals surface area (Å²) >= 11 is 0. The van der Waals surface area contributed by atoms with Gasteiger partial charge in [0.05, 0.1) is 14.2 Å². The van der Waals surface area contributed by atoms with E-state index in [1.54, 1.807) is 26.4 Å². The molecule has 0 radical (unpaired) electrons. The van der Waals surface area contributed by atoms with E-state index < -0.39 is 0 Å². The molecule has 1 amide bonds. The second-order valence-electron chi connectivity index (χ2n) is 6.48. The van der Waals surface area contributed by atoms with E-state index in [-0.39, 0.29) is 18.3 Å². The summed E-state index contributed by atoms with van der Waals surface area (Å²) in [5, 5.41) is 6.22. The normalized spacial score (nSPS) is 13.0. The average Bonchev–Trinajstić information content (AvgIpc) is 2.76. The number of hydrogen-bond acceptors (Lipinski definition) is 5. The van der Waals surface area contributed by atoms with Crippen molar-refractivity contribution in [3.63, 3.8) is 0 Å². The molecule has 2 N–H and O–H groups in total. The minimum absolute atomic E-state index is 0. The number of halogens is 1. The van der Waals surface area contributed by atoms with Crippen molar-refractivity contribution >= 4 is 18.3 Å². The monoisotopic (exact) mass is 418 g/mol. The third kappa shape index (κ3) is 6.14. The summed E-state index contributed by atoms with van der Waals surface area (Å²) in [6.45, 7) is 2.70. The Hall–Kier alpha value is -2.70. The fraction of sp³-hybridized carbons (Fsp3) is 0.318. The zero-order valence-corrected chi connectivity index (χ0v) is 17.5. The lowest BCUT2D eigenvalue weighted by molar-refractivity contribution is 0.0955. The second-order valence-corrected chi connectivity index (χ2v) is 6.48. The van der Waals surface area contributed by atoms with Gasteiger partial charge in [-0.3, -0.25) is 4.79 Å². The van der Waals surface area contributed by atoms with Gasteiger partial charge in [0.1, 0.15) is 6.61 Å². The highest BCUT2D eigenvalue weighted by atomic mass is 35.5. The number of methoxy groups -OCH3 is 2. The van der Waals surface area contributed by atoms with E-state index in [1.165, 1.54) is 5.57 Å². The maximum absolute atomic E-state index is 12.6. The quantitative estimate of drug-likeness (QED) is 0.643. The molecule has 0 spiro atoms. The molecule has 2 aromatic carbocycles. The predicted molar refractivity (Wildman–Crippen MR) is 115 cm³/mol. The number of carbonyl (C=O) groups excluding carboxylic acids is 1. The highest BCUT2D eigenvalue weighted by molar-refractivity contribution is 5.95. The summed E-state index contributed by atoms with van der Waals surface area (Å²) in [6.07, 6.45) is 3.06. The lowest BCUT2D eigenvalue weighted by Gasteiger charge is -2.17. The van der Waals surface area contributed by atoms with Crippen LogP contribution in [-0.2, 0) is 6.61 Å². The smallest absolute Gasteiger partial charge is 0.251 e. The molecule has 3 rings (SSSR count). The van der Waals surface area contributed by atoms with E-state index in [2.05, 4.69) is 16.7 Å². The first kappa shape index (κ1) is 22.6. The first-order chi connectivity index (χ1) is 13.7. The number of benzene rings is 2. The molecule has 29 heavy (non-hydrogen) atoms. The molecule has 2 aromatic rings. The van der Waals surface area contributed by atoms with Crippen molar-refractivity contribution < 1.29 is 19.0 Å². The fourth-order valence-corrected chi connectivity index (χ4v) is 3.01. The number of amides is 1. The summed E-state index contributed by atoms with van der Waals surface area (Å²) in [6, 6.07) is 13.2. The van der Waals surface area contributed by atoms with Crippen molar-refractivity contribution in [2.45, 2.75) is 13.0 Å². The van der Waals surface area contributed by atoms with Crippen molar-refractivity contribution in [1.82, 2.24) is 10.6 Å². The van der Waals surface area contributed by atoms with Crippen LogP contribution >= 0.6 is 12.4 Å². The van der Waals surface area contributed by atoms with Crippen LogP contribution in [0.4, 0.5) is 0 Å². The fourth-order valence-electron chi connectivity index (χ4n) is 3.01. The summed E-state index contributed by atoms with van der Waals surface area (Å²) in [5.41, 5.74) is 2.73. The number of ether oxygens (including phenoxy) is 3. The Morgan fingerprint density at radius 1 is 1.10 bits per heavy atom. The molecular formula is C22H27ClN2O4. The Balaban J connectivity index is 0.00000300. The van der Waals surface area contributed by atoms with Crippen LogP contribution in [0.2, 0.25) is 0 Å². The van der Waals surface area contributed by atoms with Crippen molar-refractivity contribution in [3.8, 4) is 17.2 Å². The molecule has 1 heterocycles. The van der Waals surface area contributed by atoms with Gasteiger partial charge in [0.15, 0.2) is 11.5 Å². The van der Waals surface area contributed by atoms with Gasteiger partial charge in [0.2, 0.25) is 5.75 Å². The molecule has 1 aliphatic heterocycles. The van der Waals surface area contributed by atoms with E-state index in [9.17, 15) is 4.79 Å². The lowest BCUT2D eigenvalue weighted by atomic mass is 10.1. The van der Waals surface area contributed by atoms with Crippen LogP contribution in [0.5, 0.6) is 17.2 Å². The van der Waals surface area contributed by atoms with Crippen LogP contribution < -0.4 is 24.8 Å². The van der Waals surface area contributed by atoms with Crippen LogP contribution in [0.15, 0.2) is 54.1 Å². The van der Waals surface area contributed by atoms with Gasteiger partial charge in [-0.1, -0.05) is 42.0 Å². The highest BCUT2D eigenvalue weighted by Gasteiger charge is 2.18. The maximum Gasteiger partial charge on any atom is 0.251 e. The number of nitrogens with one attached hydrogen (secondary N) is 2. The van der Waals surface area contributed by atoms with E-state index >= 15 is 0 Å². The molecule has 7 heteroatoms. The van der Waals surface area contributed by atoms with Gasteiger partial charge in [-0.05, 0) is 30.7 Å². The van der Waals surface area contributed by atoms with Gasteiger partial charge in [0.25, 0.3) is 5.91 Å². The summed E-state index contributed by atoms with van der Waals surface area (Å²) in [7, 11) is 3.09. The van der Waals surface area contributed by atoms with E-state index in [4.69, 9.17) is 14.2 Å². The molecule has 0 atom stereocenters. The zero-order valence-electron chi connectivity index (χ0n) is 16.7. The first-order valence-electron chi connectivity index (χ1n) is 9.31. The highest BCUT2D eigenvalue weighted by Crippen LogP contribution is 2.39. The molecule has 156 valence electrons. The van der Waals surface area contributed by atoms with Gasteiger partial charge < -0.3 is 24.8 Å². The molecule has 1 aliphatic rings. The predicted octanol–water partition coefficient (Wildman–Crippen LogP) is 3.35. The Morgan fingerprint density at radius 2 is 1.79 bits per heavy atom. The van der Waals surface area contributed by atoms with Gasteiger partial charge in [-0.2, -0.15) is 0 Å². The van der Waals surface area contributed by atoms with Crippen LogP contribution in [0.3, 0.4) is 0 Å². The average molecular weight is 419 g/mol. The van der Waals surface area contributed by atoms with E-state index in [1.807, 2.05) is 30.3 Å². The Kier molecular flexibility index (Phi) is 8.83. The molecule has 0 aliphatic carbocycles. The van der Waals surface area contributed by atoms with Crippen LogP contribution in [0.1, 0.15) is 22.3 Å². The standard InChI is InChI=1S/C22H26N2O4.ClH/c1-26-19-12-18(22(25)24-14-16-8-10-23-11-9-16)13-20(27-2)21(19)28-15-17-6-4-3-5-7-17;/h3-8,12-13,23H,9-11,14-15H2,1-2H3,(H,24,25);1H. The molecule has 6 nitrogen and oxygen atoms in total. The molecule has 0 saturated carbocycles. The SMILES string of the molecule is COc1cc(C(=O)NCC2=CCNCC2)cc(OC)c1OCc1ccccc1.Cl. The molecular weight excluding hydrogens is 392 g/mol. The van der Waals surface area contributed by atoms with Gasteiger partial charge >= 0.3 is 0 Å². The topological polar surface area (TPSA) is 68.8 Å². The molecule has 0 unspecified atom stereocenters. The first-order valence-corrected chi connectivity index (χ1v) is 9.31. The summed E-state index contributed by atoms with van der Waals surface area (Å²) in [5.74, 6) is 1.22. The number of hydrogen-bond donors (Lipinski definition) is 2. The van der Waals surface area contributed by atoms with E-state index in [0.29, 0.717) is 36.0 Å². The van der Waals surface area contributed by atoms with Crippen LogP contribution in [0.25, 0.3) is 0 Å². The minimum Gasteiger partial charge on any atom is -0.493 e. The molecule has 0 aromatic heterocycles. The van der Waals surface area contributed by atoms with Gasteiger partial charge in [0, 0.05) is 18.7 Å². The van der Waals surface area contributed by atoms with Crippen LogP contribution in [-0.4, -0.2) is 39.8 Å². The Bertz CT molecular complexity index is 815. The number of carbonyl (C=O) groups is 1. The number of rotatable bonds is 8. The molecule has 0 bridgehead atoms. The third-order valence-electron chi connectivity index (χ3n) is 4.58.